The zero-order valence-corrected chi connectivity index (χ0v) is 63.2. The molecule has 3 nitrogen and oxygen atoms in total. The molecule has 19 rings (SSSR count). The third-order valence-electron chi connectivity index (χ3n) is 20.9. The van der Waals surface area contributed by atoms with Crippen LogP contribution in [0.25, 0.3) is 22.3 Å². The highest BCUT2D eigenvalue weighted by molar-refractivity contribution is 9.10. The van der Waals surface area contributed by atoms with Gasteiger partial charge in [-0.25, -0.2) is 0 Å². The van der Waals surface area contributed by atoms with Gasteiger partial charge in [-0.2, -0.15) is 0 Å². The van der Waals surface area contributed by atoms with Crippen LogP contribution in [0.4, 0.5) is 45.5 Å². The molecule has 0 unspecified atom stereocenters. The monoisotopic (exact) mass is 1510 g/mol. The summed E-state index contributed by atoms with van der Waals surface area (Å²) in [5.41, 5.74) is 14.5. The molecule has 0 radical (unpaired) electrons. The van der Waals surface area contributed by atoms with Gasteiger partial charge in [-0.15, -0.1) is 0 Å². The molecular formula is C96H71Br2N3Si3. The number of hydrogen-bond donors (Lipinski definition) is 1. The summed E-state index contributed by atoms with van der Waals surface area (Å²) in [6.07, 6.45) is 0. The molecule has 0 spiro atoms. The fraction of sp³-hybridized carbons (Fsp3) is 0. The quantitative estimate of drug-likeness (QED) is 0.138. The van der Waals surface area contributed by atoms with Gasteiger partial charge in [0.2, 0.25) is 0 Å². The molecule has 0 atom stereocenters. The van der Waals surface area contributed by atoms with Crippen LogP contribution in [0.15, 0.2) is 434 Å². The van der Waals surface area contributed by atoms with Crippen molar-refractivity contribution in [3.05, 3.63) is 434 Å². The first-order valence-electron chi connectivity index (χ1n) is 35.4. The molecular weight excluding hydrogens is 1440 g/mol. The molecule has 3 heterocycles. The zero-order valence-electron chi connectivity index (χ0n) is 57.1. The van der Waals surface area contributed by atoms with E-state index in [1.807, 2.05) is 24.3 Å². The standard InChI is InChI=1S/C60H44N2Si2.C24H19NSi.C12H8Br2/c1-5-27-49(28-6-1)63(50-29-7-2-8-30-50)57-39-17-13-35-53(57)61(54-36-14-18-40-58(54)63)47-25-21-23-45(43-47)46-24-22-26-48(44-46)62-55-37-15-19-41-59(55)64(51-31-9-3-10-32-51,52-33-11-4-12-34-52)60-42-20-16-38-56(60)62;1-3-11-19(12-4-1)26(20-13-5-2-6-14-20)23-17-9-7-15-21(23)25-22-16-8-10-18-24(22)26;13-11-5-1-3-9(7-11)10-4-2-6-12(14)8-10/h1-44H;1-18,25H;1-8H. The minimum absolute atomic E-state index is 1.11. The number of fused-ring (bicyclic) bond motifs is 6. The molecule has 104 heavy (non-hydrogen) atoms. The van der Waals surface area contributed by atoms with Crippen LogP contribution in [-0.4, -0.2) is 24.2 Å². The van der Waals surface area contributed by atoms with E-state index in [2.05, 4.69) is 447 Å². The Bertz CT molecular complexity index is 5200. The van der Waals surface area contributed by atoms with Crippen LogP contribution in [0.1, 0.15) is 0 Å². The molecule has 0 bridgehead atoms. The maximum Gasteiger partial charge on any atom is 0.184 e. The first-order valence-corrected chi connectivity index (χ1v) is 43.0. The van der Waals surface area contributed by atoms with Crippen molar-refractivity contribution in [2.45, 2.75) is 0 Å². The van der Waals surface area contributed by atoms with E-state index < -0.39 is 24.2 Å². The molecule has 496 valence electrons. The Hall–Kier alpha value is -11.5. The van der Waals surface area contributed by atoms with Gasteiger partial charge in [0.15, 0.2) is 24.2 Å². The summed E-state index contributed by atoms with van der Waals surface area (Å²) in [5, 5.41) is 20.5. The number of nitrogens with one attached hydrogen (secondary N) is 1. The van der Waals surface area contributed by atoms with E-state index >= 15 is 0 Å². The molecule has 0 saturated heterocycles. The van der Waals surface area contributed by atoms with Gasteiger partial charge >= 0.3 is 0 Å². The summed E-state index contributed by atoms with van der Waals surface area (Å²) in [5.74, 6) is 0. The molecule has 0 aliphatic carbocycles. The van der Waals surface area contributed by atoms with Crippen molar-refractivity contribution >= 4 is 164 Å². The zero-order chi connectivity index (χ0) is 69.9. The minimum atomic E-state index is -2.71. The summed E-state index contributed by atoms with van der Waals surface area (Å²) in [6.45, 7) is 0. The van der Waals surface area contributed by atoms with Gasteiger partial charge in [-0.3, -0.25) is 0 Å². The predicted molar refractivity (Wildman–Crippen MR) is 456 cm³/mol. The van der Waals surface area contributed by atoms with Crippen molar-refractivity contribution in [2.75, 3.05) is 15.1 Å². The van der Waals surface area contributed by atoms with Crippen LogP contribution in [0, 0.1) is 0 Å². The summed E-state index contributed by atoms with van der Waals surface area (Å²) >= 11 is 6.93. The van der Waals surface area contributed by atoms with E-state index in [1.165, 1.54) is 119 Å². The van der Waals surface area contributed by atoms with Crippen LogP contribution in [0.5, 0.6) is 0 Å². The molecule has 8 heteroatoms. The fourth-order valence-corrected chi connectivity index (χ4v) is 32.7. The number of halogens is 2. The van der Waals surface area contributed by atoms with Crippen LogP contribution in [-0.2, 0) is 0 Å². The van der Waals surface area contributed by atoms with Crippen LogP contribution in [0.3, 0.4) is 0 Å². The van der Waals surface area contributed by atoms with E-state index in [0.717, 1.165) is 20.3 Å². The Labute approximate surface area is 629 Å². The average Bonchev–Trinajstić information content (AvgIpc) is 0.712. The van der Waals surface area contributed by atoms with Crippen LogP contribution < -0.4 is 77.4 Å². The van der Waals surface area contributed by atoms with E-state index in [9.17, 15) is 0 Å². The van der Waals surface area contributed by atoms with Gasteiger partial charge in [-0.05, 0) is 169 Å². The number of nitrogens with zero attached hydrogens (tertiary/aromatic N) is 2. The highest BCUT2D eigenvalue weighted by Crippen LogP contribution is 2.43. The Morgan fingerprint density at radius 2 is 0.413 bits per heavy atom. The van der Waals surface area contributed by atoms with E-state index in [4.69, 9.17) is 0 Å². The largest absolute Gasteiger partial charge is 0.356 e. The third-order valence-corrected chi connectivity index (χ3v) is 36.5. The van der Waals surface area contributed by atoms with E-state index in [1.54, 1.807) is 0 Å². The molecule has 16 aromatic rings. The second kappa shape index (κ2) is 28.8. The van der Waals surface area contributed by atoms with Crippen molar-refractivity contribution in [3.8, 4) is 22.3 Å². The van der Waals surface area contributed by atoms with Gasteiger partial charge in [0.05, 0.1) is 0 Å². The molecule has 16 aromatic carbocycles. The number of benzene rings is 16. The fourth-order valence-electron chi connectivity index (χ4n) is 16.7. The lowest BCUT2D eigenvalue weighted by Gasteiger charge is -2.45. The van der Waals surface area contributed by atoms with Gasteiger partial charge in [0.1, 0.15) is 0 Å². The molecule has 0 saturated carbocycles. The Morgan fingerprint density at radius 3 is 0.692 bits per heavy atom. The molecule has 0 amide bonds. The summed E-state index contributed by atoms with van der Waals surface area (Å²) in [7, 11) is -7.76. The third kappa shape index (κ3) is 11.6. The predicted octanol–water partition coefficient (Wildman–Crippen LogP) is 17.7. The lowest BCUT2D eigenvalue weighted by atomic mass is 10.0. The van der Waals surface area contributed by atoms with Gasteiger partial charge in [-0.1, -0.05) is 372 Å². The van der Waals surface area contributed by atoms with Gasteiger partial charge in [0, 0.05) is 54.4 Å². The smallest absolute Gasteiger partial charge is 0.184 e. The molecule has 3 aliphatic rings. The number of anilines is 8. The molecule has 1 N–H and O–H groups in total. The Morgan fingerprint density at radius 1 is 0.192 bits per heavy atom. The molecule has 0 aromatic heterocycles. The minimum Gasteiger partial charge on any atom is -0.356 e. The summed E-state index contributed by atoms with van der Waals surface area (Å²) < 4.78 is 2.21. The van der Waals surface area contributed by atoms with E-state index in [0.29, 0.717) is 0 Å². The van der Waals surface area contributed by atoms with Crippen molar-refractivity contribution in [1.29, 1.82) is 0 Å². The van der Waals surface area contributed by atoms with E-state index in [-0.39, 0.29) is 0 Å². The Balaban J connectivity index is 0.000000162. The number of rotatable bonds is 10. The average molecular weight is 1510 g/mol. The SMILES string of the molecule is Brc1cccc(-c2cccc(Br)c2)c1.c1ccc([Si]2(c3ccccc3)c3ccccc3N(c3cccc(-c4cccc(N5c6ccccc6[Si](c6ccccc6)(c6ccccc6)c6ccccc65)c4)c3)c3ccccc32)cc1.c1ccc([Si]2(c3ccccc3)c3ccccc3Nc3ccccc32)cc1. The highest BCUT2D eigenvalue weighted by Gasteiger charge is 2.51. The number of para-hydroxylation sites is 6. The first kappa shape index (κ1) is 65.8. The maximum atomic E-state index is 3.67. The van der Waals surface area contributed by atoms with Crippen molar-refractivity contribution in [1.82, 2.24) is 0 Å². The Kier molecular flexibility index (Phi) is 18.2. The van der Waals surface area contributed by atoms with Gasteiger partial charge in [0.25, 0.3) is 0 Å². The van der Waals surface area contributed by atoms with Crippen molar-refractivity contribution < 1.29 is 0 Å². The first-order chi connectivity index (χ1) is 51.4. The normalized spacial score (nSPS) is 13.6. The topological polar surface area (TPSA) is 18.5 Å². The van der Waals surface area contributed by atoms with Gasteiger partial charge < -0.3 is 15.1 Å². The second-order valence-corrected chi connectivity index (χ2v) is 39.6. The summed E-state index contributed by atoms with van der Waals surface area (Å²) in [6, 6.07) is 156. The molecule has 3 aliphatic heterocycles. The highest BCUT2D eigenvalue weighted by atomic mass is 79.9. The van der Waals surface area contributed by atoms with Crippen molar-refractivity contribution in [3.63, 3.8) is 0 Å². The molecule has 0 fully saturated rings. The number of hydrogen-bond acceptors (Lipinski definition) is 3. The van der Waals surface area contributed by atoms with Crippen molar-refractivity contribution in [2.24, 2.45) is 0 Å². The lowest BCUT2D eigenvalue weighted by molar-refractivity contribution is 1.28. The maximum absolute atomic E-state index is 3.67. The lowest BCUT2D eigenvalue weighted by Crippen LogP contribution is -2.77. The van der Waals surface area contributed by atoms with Crippen LogP contribution in [0.2, 0.25) is 0 Å². The van der Waals surface area contributed by atoms with Crippen LogP contribution >= 0.6 is 31.9 Å². The summed E-state index contributed by atoms with van der Waals surface area (Å²) in [4.78, 5) is 5.01. The second-order valence-electron chi connectivity index (χ2n) is 26.5.